The lowest BCUT2D eigenvalue weighted by Crippen LogP contribution is -2.40. The van der Waals surface area contributed by atoms with Gasteiger partial charge < -0.3 is 4.90 Å². The quantitative estimate of drug-likeness (QED) is 0.527. The second kappa shape index (κ2) is 9.05. The van der Waals surface area contributed by atoms with Crippen molar-refractivity contribution >= 4 is 34.7 Å². The zero-order valence-corrected chi connectivity index (χ0v) is 18.5. The highest BCUT2D eigenvalue weighted by molar-refractivity contribution is 8.18. The summed E-state index contributed by atoms with van der Waals surface area (Å²) in [5.74, 6) is -0.314. The van der Waals surface area contributed by atoms with Crippen LogP contribution in [0.2, 0.25) is 0 Å². The molecule has 3 aromatic carbocycles. The molecule has 0 bridgehead atoms. The van der Waals surface area contributed by atoms with E-state index >= 15 is 0 Å². The number of rotatable bonds is 5. The molecule has 0 spiro atoms. The molecule has 0 aromatic heterocycles. The lowest BCUT2D eigenvalue weighted by Gasteiger charge is -2.39. The number of thioether (sulfide) groups is 1. The second-order valence-corrected chi connectivity index (χ2v) is 9.25. The first kappa shape index (κ1) is 20.6. The maximum atomic E-state index is 11.9. The zero-order valence-electron chi connectivity index (χ0n) is 17.7. The van der Waals surface area contributed by atoms with Crippen LogP contribution >= 0.6 is 11.8 Å². The average molecular weight is 441 g/mol. The minimum absolute atomic E-state index is 0.308. The number of fused-ring (bicyclic) bond motifs is 1. The Kier molecular flexibility index (Phi) is 5.82. The van der Waals surface area contributed by atoms with E-state index in [1.54, 1.807) is 0 Å². The van der Waals surface area contributed by atoms with Gasteiger partial charge in [-0.2, -0.15) is 0 Å². The summed E-state index contributed by atoms with van der Waals surface area (Å²) in [5, 5.41) is 2.01. The fourth-order valence-electron chi connectivity index (χ4n) is 4.52. The van der Waals surface area contributed by atoms with Gasteiger partial charge in [0.25, 0.3) is 11.1 Å². The van der Waals surface area contributed by atoms with Crippen molar-refractivity contribution in [3.63, 3.8) is 0 Å². The molecule has 1 saturated heterocycles. The van der Waals surface area contributed by atoms with Crippen LogP contribution in [0.3, 0.4) is 0 Å². The molecule has 4 nitrogen and oxygen atoms in total. The number of carbonyl (C=O) groups excluding carboxylic acids is 2. The largest absolute Gasteiger partial charge is 0.364 e. The first-order valence-electron chi connectivity index (χ1n) is 10.9. The van der Waals surface area contributed by atoms with E-state index in [1.165, 1.54) is 22.4 Å². The van der Waals surface area contributed by atoms with Gasteiger partial charge in [0.1, 0.15) is 0 Å². The van der Waals surface area contributed by atoms with Gasteiger partial charge in [0.2, 0.25) is 0 Å². The Hall–Kier alpha value is -3.31. The van der Waals surface area contributed by atoms with Crippen LogP contribution in [0.5, 0.6) is 0 Å². The summed E-state index contributed by atoms with van der Waals surface area (Å²) in [6, 6.07) is 28.1. The Balaban J connectivity index is 1.46. The van der Waals surface area contributed by atoms with Crippen molar-refractivity contribution < 1.29 is 9.59 Å². The molecule has 5 rings (SSSR count). The van der Waals surface area contributed by atoms with E-state index < -0.39 is 0 Å². The maximum absolute atomic E-state index is 11.9. The Morgan fingerprint density at radius 3 is 2.34 bits per heavy atom. The van der Waals surface area contributed by atoms with Crippen molar-refractivity contribution in [3.05, 3.63) is 106 Å². The molecule has 0 saturated carbocycles. The number of nitrogens with one attached hydrogen (secondary N) is 1. The van der Waals surface area contributed by atoms with Crippen LogP contribution in [0.25, 0.3) is 6.08 Å². The molecule has 0 radical (unpaired) electrons. The Morgan fingerprint density at radius 1 is 0.938 bits per heavy atom. The summed E-state index contributed by atoms with van der Waals surface area (Å²) < 4.78 is 0. The van der Waals surface area contributed by atoms with Crippen LogP contribution < -0.4 is 10.2 Å². The van der Waals surface area contributed by atoms with Crippen LogP contribution in [0.1, 0.15) is 28.7 Å². The van der Waals surface area contributed by atoms with Crippen molar-refractivity contribution in [2.75, 3.05) is 4.90 Å². The van der Waals surface area contributed by atoms with Crippen LogP contribution in [0.4, 0.5) is 10.5 Å². The monoisotopic (exact) mass is 440 g/mol. The van der Waals surface area contributed by atoms with Crippen molar-refractivity contribution in [1.82, 2.24) is 5.32 Å². The van der Waals surface area contributed by atoms with Gasteiger partial charge in [0, 0.05) is 18.3 Å². The number of nitrogens with zero attached hydrogens (tertiary/aromatic N) is 1. The van der Waals surface area contributed by atoms with Crippen LogP contribution in [-0.4, -0.2) is 17.2 Å². The molecule has 2 aliphatic heterocycles. The van der Waals surface area contributed by atoms with Gasteiger partial charge in [-0.3, -0.25) is 14.9 Å². The minimum Gasteiger partial charge on any atom is -0.364 e. The number of imide groups is 1. The van der Waals surface area contributed by atoms with E-state index in [4.69, 9.17) is 0 Å². The molecule has 2 aliphatic rings. The zero-order chi connectivity index (χ0) is 21.9. The molecule has 1 unspecified atom stereocenters. The van der Waals surface area contributed by atoms with Gasteiger partial charge >= 0.3 is 0 Å². The molecule has 0 aliphatic carbocycles. The molecule has 5 heteroatoms. The summed E-state index contributed by atoms with van der Waals surface area (Å²) in [5.41, 5.74) is 6.14. The molecular weight excluding hydrogens is 416 g/mol. The van der Waals surface area contributed by atoms with Gasteiger partial charge in [-0.15, -0.1) is 0 Å². The number of amides is 2. The van der Waals surface area contributed by atoms with E-state index in [0.29, 0.717) is 10.9 Å². The number of benzene rings is 3. The lowest BCUT2D eigenvalue weighted by atomic mass is 9.90. The molecule has 2 amide bonds. The number of hydrogen-bond acceptors (Lipinski definition) is 4. The number of aryl methyl sites for hydroxylation is 1. The molecule has 3 aromatic rings. The molecule has 160 valence electrons. The van der Waals surface area contributed by atoms with E-state index in [0.717, 1.165) is 43.1 Å². The van der Waals surface area contributed by atoms with E-state index in [1.807, 2.05) is 12.1 Å². The summed E-state index contributed by atoms with van der Waals surface area (Å²) in [7, 11) is 0. The molecular formula is C27H24N2O2S. The Bertz CT molecular complexity index is 1170. The van der Waals surface area contributed by atoms with Crippen LogP contribution in [0.15, 0.2) is 83.8 Å². The van der Waals surface area contributed by atoms with Crippen LogP contribution in [-0.2, 0) is 24.2 Å². The summed E-state index contributed by atoms with van der Waals surface area (Å²) >= 11 is 0.961. The van der Waals surface area contributed by atoms with Gasteiger partial charge in [-0.05, 0) is 71.5 Å². The van der Waals surface area contributed by atoms with Gasteiger partial charge in [0.15, 0.2) is 0 Å². The summed E-state index contributed by atoms with van der Waals surface area (Å²) in [6.45, 7) is 0.860. The molecule has 1 atom stereocenters. The number of hydrogen-bond donors (Lipinski definition) is 1. The SMILES string of the molecule is O=C1NC(=O)C(=Cc2ccc3c(c2)CCC(Cc2ccccc2)N3Cc2ccccc2)S1. The van der Waals surface area contributed by atoms with Gasteiger partial charge in [-0.1, -0.05) is 66.7 Å². The first-order chi connectivity index (χ1) is 15.7. The van der Waals surface area contributed by atoms with Crippen molar-refractivity contribution in [1.29, 1.82) is 0 Å². The third-order valence-electron chi connectivity index (χ3n) is 6.05. The summed E-state index contributed by atoms with van der Waals surface area (Å²) in [6.07, 6.45) is 4.89. The van der Waals surface area contributed by atoms with E-state index in [-0.39, 0.29) is 11.1 Å². The number of carbonyl (C=O) groups is 2. The van der Waals surface area contributed by atoms with Crippen molar-refractivity contribution in [3.8, 4) is 0 Å². The molecule has 32 heavy (non-hydrogen) atoms. The Labute approximate surface area is 192 Å². The smallest absolute Gasteiger partial charge is 0.290 e. The van der Waals surface area contributed by atoms with Gasteiger partial charge in [0.05, 0.1) is 4.91 Å². The van der Waals surface area contributed by atoms with Crippen molar-refractivity contribution in [2.45, 2.75) is 31.8 Å². The van der Waals surface area contributed by atoms with Crippen LogP contribution in [0, 0.1) is 0 Å². The van der Waals surface area contributed by atoms with E-state index in [9.17, 15) is 9.59 Å². The predicted molar refractivity (Wildman–Crippen MR) is 130 cm³/mol. The predicted octanol–water partition coefficient (Wildman–Crippen LogP) is 5.57. The molecule has 1 fully saturated rings. The molecule has 1 N–H and O–H groups in total. The third-order valence-corrected chi connectivity index (χ3v) is 6.86. The fourth-order valence-corrected chi connectivity index (χ4v) is 5.20. The first-order valence-corrected chi connectivity index (χ1v) is 11.7. The third kappa shape index (κ3) is 4.48. The molecule has 2 heterocycles. The number of anilines is 1. The minimum atomic E-state index is -0.314. The second-order valence-electron chi connectivity index (χ2n) is 8.24. The lowest BCUT2D eigenvalue weighted by molar-refractivity contribution is -0.115. The normalized spacial score (nSPS) is 19.2. The Morgan fingerprint density at radius 2 is 1.66 bits per heavy atom. The van der Waals surface area contributed by atoms with Crippen molar-refractivity contribution in [2.24, 2.45) is 0 Å². The topological polar surface area (TPSA) is 49.4 Å². The summed E-state index contributed by atoms with van der Waals surface area (Å²) in [4.78, 5) is 26.4. The fraction of sp³-hybridized carbons (Fsp3) is 0.185. The average Bonchev–Trinajstić information content (AvgIpc) is 3.13. The standard InChI is InChI=1S/C27H24N2O2S/c30-26-25(32-27(31)28-26)17-21-11-14-24-22(15-21)12-13-23(16-19-7-3-1-4-8-19)29(24)18-20-9-5-2-6-10-20/h1-11,14-15,17,23H,12-13,16,18H2,(H,28,30,31). The maximum Gasteiger partial charge on any atom is 0.290 e. The highest BCUT2D eigenvalue weighted by Crippen LogP contribution is 2.35. The van der Waals surface area contributed by atoms with E-state index in [2.05, 4.69) is 83.0 Å². The van der Waals surface area contributed by atoms with Gasteiger partial charge in [-0.25, -0.2) is 0 Å². The highest BCUT2D eigenvalue weighted by atomic mass is 32.2. The highest BCUT2D eigenvalue weighted by Gasteiger charge is 2.28.